The summed E-state index contributed by atoms with van der Waals surface area (Å²) >= 11 is 3.08. The van der Waals surface area contributed by atoms with Crippen LogP contribution in [0.25, 0.3) is 0 Å². The molecule has 20 heavy (non-hydrogen) atoms. The van der Waals surface area contributed by atoms with Crippen LogP contribution in [-0.2, 0) is 21.9 Å². The third-order valence-corrected chi connectivity index (χ3v) is 6.02. The first-order valence-corrected chi connectivity index (χ1v) is 8.32. The fraction of sp³-hybridized carbons (Fsp3) is 0.700. The summed E-state index contributed by atoms with van der Waals surface area (Å²) in [4.78, 5) is 10.8. The van der Waals surface area contributed by atoms with Crippen LogP contribution in [0.4, 0.5) is 0 Å². The molecule has 8 nitrogen and oxygen atoms in total. The highest BCUT2D eigenvalue weighted by molar-refractivity contribution is 9.10. The maximum Gasteiger partial charge on any atom is 0.303 e. The van der Waals surface area contributed by atoms with E-state index in [-0.39, 0.29) is 28.5 Å². The molecule has 112 valence electrons. The molecule has 1 aliphatic rings. The van der Waals surface area contributed by atoms with Crippen molar-refractivity contribution >= 4 is 31.9 Å². The fourth-order valence-corrected chi connectivity index (χ4v) is 4.96. The van der Waals surface area contributed by atoms with Gasteiger partial charge < -0.3 is 5.11 Å². The highest BCUT2D eigenvalue weighted by atomic mass is 79.9. The Balaban J connectivity index is 2.24. The normalized spacial score (nSPS) is 21.0. The molecule has 1 aliphatic heterocycles. The SMILES string of the molecule is Cn1nnc(Br)c1S(=O)(=O)N1CCCC(CC(=O)O)C1. The first-order valence-electron chi connectivity index (χ1n) is 6.09. The van der Waals surface area contributed by atoms with Gasteiger partial charge in [0.25, 0.3) is 10.0 Å². The Morgan fingerprint density at radius 1 is 1.55 bits per heavy atom. The molecule has 2 heterocycles. The maximum absolute atomic E-state index is 12.6. The number of aryl methyl sites for hydroxylation is 1. The molecule has 10 heteroatoms. The smallest absolute Gasteiger partial charge is 0.303 e. The Morgan fingerprint density at radius 3 is 2.80 bits per heavy atom. The van der Waals surface area contributed by atoms with E-state index < -0.39 is 16.0 Å². The minimum absolute atomic E-state index is 0.00604. The van der Waals surface area contributed by atoms with E-state index in [4.69, 9.17) is 5.11 Å². The van der Waals surface area contributed by atoms with Gasteiger partial charge in [-0.25, -0.2) is 13.1 Å². The summed E-state index contributed by atoms with van der Waals surface area (Å²) in [6, 6.07) is 0. The van der Waals surface area contributed by atoms with Gasteiger partial charge in [-0.1, -0.05) is 5.21 Å². The van der Waals surface area contributed by atoms with E-state index >= 15 is 0 Å². The molecule has 0 aromatic carbocycles. The van der Waals surface area contributed by atoms with Crippen LogP contribution in [0.3, 0.4) is 0 Å². The monoisotopic (exact) mass is 366 g/mol. The van der Waals surface area contributed by atoms with Gasteiger partial charge in [-0.05, 0) is 34.7 Å². The van der Waals surface area contributed by atoms with Gasteiger partial charge in [0.15, 0.2) is 4.60 Å². The van der Waals surface area contributed by atoms with Crippen molar-refractivity contribution in [1.82, 2.24) is 19.3 Å². The first kappa shape index (κ1) is 15.4. The topological polar surface area (TPSA) is 105 Å². The van der Waals surface area contributed by atoms with Gasteiger partial charge in [-0.2, -0.15) is 4.31 Å². The summed E-state index contributed by atoms with van der Waals surface area (Å²) in [6.45, 7) is 0.600. The zero-order chi connectivity index (χ0) is 14.9. The molecule has 1 saturated heterocycles. The molecule has 0 bridgehead atoms. The van der Waals surface area contributed by atoms with Crippen LogP contribution in [0.5, 0.6) is 0 Å². The average Bonchev–Trinajstić information content (AvgIpc) is 2.69. The number of hydrogen-bond acceptors (Lipinski definition) is 5. The molecule has 1 aromatic rings. The summed E-state index contributed by atoms with van der Waals surface area (Å²) in [5, 5.41) is 16.2. The molecule has 1 unspecified atom stereocenters. The van der Waals surface area contributed by atoms with Crippen LogP contribution in [0.2, 0.25) is 0 Å². The van der Waals surface area contributed by atoms with Crippen molar-refractivity contribution in [3.05, 3.63) is 4.60 Å². The second-order valence-electron chi connectivity index (χ2n) is 4.78. The van der Waals surface area contributed by atoms with Gasteiger partial charge in [0.05, 0.1) is 0 Å². The lowest BCUT2D eigenvalue weighted by atomic mass is 9.96. The molecule has 1 atom stereocenters. The number of nitrogens with zero attached hydrogens (tertiary/aromatic N) is 4. The van der Waals surface area contributed by atoms with Crippen molar-refractivity contribution in [2.75, 3.05) is 13.1 Å². The number of halogens is 1. The van der Waals surface area contributed by atoms with E-state index in [1.807, 2.05) is 0 Å². The fourth-order valence-electron chi connectivity index (χ4n) is 2.38. The third-order valence-electron chi connectivity index (χ3n) is 3.27. The number of hydrogen-bond donors (Lipinski definition) is 1. The van der Waals surface area contributed by atoms with Gasteiger partial charge in [0, 0.05) is 26.6 Å². The summed E-state index contributed by atoms with van der Waals surface area (Å²) in [6.07, 6.45) is 1.36. The highest BCUT2D eigenvalue weighted by Crippen LogP contribution is 2.27. The number of carboxylic acid groups (broad SMARTS) is 1. The molecule has 2 rings (SSSR count). The lowest BCUT2D eigenvalue weighted by Gasteiger charge is -2.30. The van der Waals surface area contributed by atoms with E-state index in [2.05, 4.69) is 26.2 Å². The van der Waals surface area contributed by atoms with Crippen LogP contribution < -0.4 is 0 Å². The number of carboxylic acids is 1. The zero-order valence-electron chi connectivity index (χ0n) is 10.9. The predicted octanol–water partition coefficient (Wildman–Crippen LogP) is 0.453. The second-order valence-corrected chi connectivity index (χ2v) is 7.38. The van der Waals surface area contributed by atoms with Crippen molar-refractivity contribution < 1.29 is 18.3 Å². The Kier molecular flexibility index (Phi) is 4.45. The predicted molar refractivity (Wildman–Crippen MR) is 72.4 cm³/mol. The van der Waals surface area contributed by atoms with E-state index in [1.54, 1.807) is 0 Å². The molecular formula is C10H15BrN4O4S. The van der Waals surface area contributed by atoms with Crippen molar-refractivity contribution in [2.24, 2.45) is 13.0 Å². The minimum atomic E-state index is -3.72. The van der Waals surface area contributed by atoms with E-state index in [0.717, 1.165) is 6.42 Å². The first-order chi connectivity index (χ1) is 9.32. The van der Waals surface area contributed by atoms with Gasteiger partial charge in [-0.15, -0.1) is 5.10 Å². The van der Waals surface area contributed by atoms with Gasteiger partial charge >= 0.3 is 5.97 Å². The van der Waals surface area contributed by atoms with Crippen molar-refractivity contribution in [2.45, 2.75) is 24.3 Å². The molecule has 0 spiro atoms. The van der Waals surface area contributed by atoms with Crippen LogP contribution in [0, 0.1) is 5.92 Å². The van der Waals surface area contributed by atoms with Gasteiger partial charge in [-0.3, -0.25) is 4.79 Å². The van der Waals surface area contributed by atoms with Crippen LogP contribution in [0.15, 0.2) is 9.63 Å². The van der Waals surface area contributed by atoms with Crippen molar-refractivity contribution in [3.63, 3.8) is 0 Å². The van der Waals surface area contributed by atoms with E-state index in [9.17, 15) is 13.2 Å². The van der Waals surface area contributed by atoms with Gasteiger partial charge in [0.2, 0.25) is 5.03 Å². The summed E-state index contributed by atoms with van der Waals surface area (Å²) in [5.74, 6) is -1.06. The molecule has 1 N–H and O–H groups in total. The van der Waals surface area contributed by atoms with E-state index in [0.29, 0.717) is 13.0 Å². The maximum atomic E-state index is 12.6. The lowest BCUT2D eigenvalue weighted by molar-refractivity contribution is -0.138. The van der Waals surface area contributed by atoms with Crippen molar-refractivity contribution in [3.8, 4) is 0 Å². The van der Waals surface area contributed by atoms with E-state index in [1.165, 1.54) is 16.0 Å². The Bertz CT molecular complexity index is 595. The van der Waals surface area contributed by atoms with Crippen molar-refractivity contribution in [1.29, 1.82) is 0 Å². The standard InChI is InChI=1S/C10H15BrN4O4S/c1-14-10(9(11)12-13-14)20(18,19)15-4-2-3-7(6-15)5-8(16)17/h7H,2-6H2,1H3,(H,16,17). The largest absolute Gasteiger partial charge is 0.481 e. The highest BCUT2D eigenvalue weighted by Gasteiger charge is 2.34. The number of sulfonamides is 1. The number of aromatic nitrogens is 3. The quantitative estimate of drug-likeness (QED) is 0.829. The van der Waals surface area contributed by atoms with Gasteiger partial charge in [0.1, 0.15) is 0 Å². The number of aliphatic carboxylic acids is 1. The molecule has 0 saturated carbocycles. The molecular weight excluding hydrogens is 352 g/mol. The Morgan fingerprint density at radius 2 is 2.25 bits per heavy atom. The zero-order valence-corrected chi connectivity index (χ0v) is 13.3. The summed E-state index contributed by atoms with van der Waals surface area (Å²) in [5.41, 5.74) is 0. The summed E-state index contributed by atoms with van der Waals surface area (Å²) in [7, 11) is -2.21. The average molecular weight is 367 g/mol. The molecule has 1 fully saturated rings. The molecule has 0 radical (unpaired) electrons. The van der Waals surface area contributed by atoms with Crippen LogP contribution in [0.1, 0.15) is 19.3 Å². The molecule has 1 aromatic heterocycles. The lowest BCUT2D eigenvalue weighted by Crippen LogP contribution is -2.41. The second kappa shape index (κ2) is 5.78. The Hall–Kier alpha value is -1.00. The van der Waals surface area contributed by atoms with Crippen LogP contribution >= 0.6 is 15.9 Å². The number of piperidine rings is 1. The number of rotatable bonds is 4. The number of carbonyl (C=O) groups is 1. The van der Waals surface area contributed by atoms with Crippen LogP contribution in [-0.4, -0.2) is 51.9 Å². The Labute approximate surface area is 124 Å². The molecule has 0 aliphatic carbocycles. The third kappa shape index (κ3) is 3.01. The summed E-state index contributed by atoms with van der Waals surface area (Å²) < 4.78 is 27.8. The molecule has 0 amide bonds. The minimum Gasteiger partial charge on any atom is -0.481 e.